The molecule has 0 atom stereocenters. The zero-order valence-electron chi connectivity index (χ0n) is 10.9. The van der Waals surface area contributed by atoms with Crippen molar-refractivity contribution in [3.05, 3.63) is 30.2 Å². The fourth-order valence-electron chi connectivity index (χ4n) is 2.68. The predicted octanol–water partition coefficient (Wildman–Crippen LogP) is 2.92. The van der Waals surface area contributed by atoms with Gasteiger partial charge in [-0.05, 0) is 38.1 Å². The highest BCUT2D eigenvalue weighted by Crippen LogP contribution is 2.29. The molecule has 1 aromatic heterocycles. The third kappa shape index (κ3) is 2.61. The molecule has 4 nitrogen and oxygen atoms in total. The van der Waals surface area contributed by atoms with Crippen LogP contribution < -0.4 is 0 Å². The number of nitriles is 1. The van der Waals surface area contributed by atoms with E-state index < -0.39 is 0 Å². The van der Waals surface area contributed by atoms with E-state index >= 15 is 0 Å². The molecule has 1 aliphatic rings. The van der Waals surface area contributed by atoms with E-state index in [1.165, 1.54) is 0 Å². The summed E-state index contributed by atoms with van der Waals surface area (Å²) in [5.74, 6) is 1.30. The summed E-state index contributed by atoms with van der Waals surface area (Å²) in [5.41, 5.74) is 1.83. The predicted molar refractivity (Wildman–Crippen MR) is 72.7 cm³/mol. The van der Waals surface area contributed by atoms with Crippen LogP contribution in [0.2, 0.25) is 0 Å². The Labute approximate surface area is 112 Å². The van der Waals surface area contributed by atoms with Crippen LogP contribution in [0.4, 0.5) is 0 Å². The topological polar surface area (TPSA) is 53.1 Å². The molecule has 98 valence electrons. The van der Waals surface area contributed by atoms with Crippen LogP contribution in [0.15, 0.2) is 28.7 Å². The van der Waals surface area contributed by atoms with Crippen molar-refractivity contribution in [1.82, 2.24) is 9.88 Å². The molecule has 0 spiro atoms. The summed E-state index contributed by atoms with van der Waals surface area (Å²) in [7, 11) is 0. The lowest BCUT2D eigenvalue weighted by molar-refractivity contribution is 0.205. The first-order valence-corrected chi connectivity index (χ1v) is 6.81. The maximum absolute atomic E-state index is 8.61. The van der Waals surface area contributed by atoms with Crippen LogP contribution >= 0.6 is 0 Å². The highest BCUT2D eigenvalue weighted by Gasteiger charge is 2.24. The van der Waals surface area contributed by atoms with Gasteiger partial charge in [-0.3, -0.25) is 0 Å². The van der Waals surface area contributed by atoms with Gasteiger partial charge in [0.1, 0.15) is 5.52 Å². The van der Waals surface area contributed by atoms with Gasteiger partial charge in [-0.25, -0.2) is 4.98 Å². The molecule has 0 bridgehead atoms. The molecule has 4 heteroatoms. The Morgan fingerprint density at radius 1 is 1.32 bits per heavy atom. The lowest BCUT2D eigenvalue weighted by Gasteiger charge is -2.29. The minimum atomic E-state index is 0.422. The maximum atomic E-state index is 8.61. The van der Waals surface area contributed by atoms with E-state index in [0.717, 1.165) is 49.5 Å². The average Bonchev–Trinajstić information content (AvgIpc) is 2.89. The number of hydrogen-bond donors (Lipinski definition) is 0. The summed E-state index contributed by atoms with van der Waals surface area (Å²) in [4.78, 5) is 6.94. The summed E-state index contributed by atoms with van der Waals surface area (Å²) in [5, 5.41) is 8.61. The van der Waals surface area contributed by atoms with Crippen molar-refractivity contribution in [2.24, 2.45) is 0 Å². The van der Waals surface area contributed by atoms with Gasteiger partial charge in [0.2, 0.25) is 0 Å². The molecule has 2 aromatic rings. The van der Waals surface area contributed by atoms with Crippen molar-refractivity contribution in [1.29, 1.82) is 5.26 Å². The monoisotopic (exact) mass is 255 g/mol. The highest BCUT2D eigenvalue weighted by molar-refractivity contribution is 5.72. The minimum Gasteiger partial charge on any atom is -0.440 e. The second-order valence-electron chi connectivity index (χ2n) is 5.04. The van der Waals surface area contributed by atoms with Crippen molar-refractivity contribution in [2.45, 2.75) is 25.2 Å². The lowest BCUT2D eigenvalue weighted by atomic mass is 9.97. The number of para-hydroxylation sites is 2. The van der Waals surface area contributed by atoms with Gasteiger partial charge in [0.15, 0.2) is 11.5 Å². The smallest absolute Gasteiger partial charge is 0.198 e. The number of oxazole rings is 1. The van der Waals surface area contributed by atoms with E-state index in [4.69, 9.17) is 9.68 Å². The first-order chi connectivity index (χ1) is 9.36. The van der Waals surface area contributed by atoms with Gasteiger partial charge in [-0.1, -0.05) is 12.1 Å². The number of aromatic nitrogens is 1. The molecular formula is C15H17N3O. The zero-order chi connectivity index (χ0) is 13.1. The number of hydrogen-bond acceptors (Lipinski definition) is 4. The molecular weight excluding hydrogens is 238 g/mol. The SMILES string of the molecule is N#CCCN1CCC(c2nc3ccccc3o2)CC1. The van der Waals surface area contributed by atoms with Gasteiger partial charge >= 0.3 is 0 Å². The van der Waals surface area contributed by atoms with Gasteiger partial charge in [-0.2, -0.15) is 5.26 Å². The van der Waals surface area contributed by atoms with Gasteiger partial charge in [0.05, 0.1) is 6.07 Å². The zero-order valence-corrected chi connectivity index (χ0v) is 10.9. The molecule has 2 heterocycles. The van der Waals surface area contributed by atoms with Crippen LogP contribution in [0.5, 0.6) is 0 Å². The Bertz CT molecular complexity index is 558. The number of rotatable bonds is 3. The van der Waals surface area contributed by atoms with Crippen molar-refractivity contribution in [2.75, 3.05) is 19.6 Å². The Morgan fingerprint density at radius 2 is 2.11 bits per heavy atom. The van der Waals surface area contributed by atoms with Gasteiger partial charge in [-0.15, -0.1) is 0 Å². The van der Waals surface area contributed by atoms with E-state index in [0.29, 0.717) is 12.3 Å². The van der Waals surface area contributed by atoms with Crippen molar-refractivity contribution in [3.63, 3.8) is 0 Å². The van der Waals surface area contributed by atoms with Crippen LogP contribution in [0.25, 0.3) is 11.1 Å². The molecule has 1 fully saturated rings. The normalized spacial score (nSPS) is 17.6. The molecule has 0 saturated carbocycles. The van der Waals surface area contributed by atoms with E-state index in [1.54, 1.807) is 0 Å². The molecule has 1 aliphatic heterocycles. The first kappa shape index (κ1) is 12.2. The Kier molecular flexibility index (Phi) is 3.47. The van der Waals surface area contributed by atoms with Crippen LogP contribution in [0, 0.1) is 11.3 Å². The third-order valence-corrected chi connectivity index (χ3v) is 3.79. The number of piperidine rings is 1. The summed E-state index contributed by atoms with van der Waals surface area (Å²) in [6, 6.07) is 10.1. The molecule has 0 amide bonds. The summed E-state index contributed by atoms with van der Waals surface area (Å²) < 4.78 is 5.84. The van der Waals surface area contributed by atoms with E-state index in [2.05, 4.69) is 16.0 Å². The van der Waals surface area contributed by atoms with E-state index in [9.17, 15) is 0 Å². The Balaban J connectivity index is 1.66. The molecule has 0 unspecified atom stereocenters. The van der Waals surface area contributed by atoms with Crippen molar-refractivity contribution >= 4 is 11.1 Å². The fraction of sp³-hybridized carbons (Fsp3) is 0.467. The largest absolute Gasteiger partial charge is 0.440 e. The molecule has 0 N–H and O–H groups in total. The van der Waals surface area contributed by atoms with Crippen LogP contribution in [-0.2, 0) is 0 Å². The second-order valence-corrected chi connectivity index (χ2v) is 5.04. The first-order valence-electron chi connectivity index (χ1n) is 6.81. The van der Waals surface area contributed by atoms with E-state index in [1.807, 2.05) is 24.3 Å². The van der Waals surface area contributed by atoms with Crippen LogP contribution in [-0.4, -0.2) is 29.5 Å². The second kappa shape index (κ2) is 5.41. The minimum absolute atomic E-state index is 0.422. The Morgan fingerprint density at radius 3 is 2.84 bits per heavy atom. The van der Waals surface area contributed by atoms with Gasteiger partial charge < -0.3 is 9.32 Å². The molecule has 1 saturated heterocycles. The van der Waals surface area contributed by atoms with Crippen molar-refractivity contribution in [3.8, 4) is 6.07 Å². The number of nitrogens with zero attached hydrogens (tertiary/aromatic N) is 3. The maximum Gasteiger partial charge on any atom is 0.198 e. The van der Waals surface area contributed by atoms with E-state index in [-0.39, 0.29) is 0 Å². The number of likely N-dealkylation sites (tertiary alicyclic amines) is 1. The van der Waals surface area contributed by atoms with Crippen LogP contribution in [0.1, 0.15) is 31.1 Å². The number of fused-ring (bicyclic) bond motifs is 1. The summed E-state index contributed by atoms with van der Waals surface area (Å²) in [6.45, 7) is 2.95. The Hall–Kier alpha value is -1.86. The molecule has 0 radical (unpaired) electrons. The lowest BCUT2D eigenvalue weighted by Crippen LogP contribution is -2.33. The fourth-order valence-corrected chi connectivity index (χ4v) is 2.68. The molecule has 19 heavy (non-hydrogen) atoms. The molecule has 1 aromatic carbocycles. The number of benzene rings is 1. The standard InChI is InChI=1S/C15H17N3O/c16-8-3-9-18-10-6-12(7-11-18)15-17-13-4-1-2-5-14(13)19-15/h1-2,4-5,12H,3,6-7,9-11H2. The summed E-state index contributed by atoms with van der Waals surface area (Å²) in [6.07, 6.45) is 2.75. The quantitative estimate of drug-likeness (QED) is 0.846. The third-order valence-electron chi connectivity index (χ3n) is 3.79. The van der Waals surface area contributed by atoms with Crippen LogP contribution in [0.3, 0.4) is 0 Å². The molecule has 3 rings (SSSR count). The van der Waals surface area contributed by atoms with Gasteiger partial charge in [0, 0.05) is 18.9 Å². The highest BCUT2D eigenvalue weighted by atomic mass is 16.3. The van der Waals surface area contributed by atoms with Gasteiger partial charge in [0.25, 0.3) is 0 Å². The van der Waals surface area contributed by atoms with Crippen molar-refractivity contribution < 1.29 is 4.42 Å². The molecule has 0 aliphatic carbocycles. The summed E-state index contributed by atoms with van der Waals surface area (Å²) >= 11 is 0. The average molecular weight is 255 g/mol.